The van der Waals surface area contributed by atoms with Crippen LogP contribution in [0.25, 0.3) is 0 Å². The van der Waals surface area contributed by atoms with Gasteiger partial charge in [-0.1, -0.05) is 0 Å². The second-order valence-electron chi connectivity index (χ2n) is 10.6. The highest BCUT2D eigenvalue weighted by Crippen LogP contribution is 2.97. The number of hydrogen-bond acceptors (Lipinski definition) is 4. The number of hydrogen-bond donors (Lipinski definition) is 0. The van der Waals surface area contributed by atoms with Crippen LogP contribution >= 0.6 is 23.2 Å². The molecule has 4 nitrogen and oxygen atoms in total. The standard InChI is InChI=1S/C22H26Cl2O4/c1-27-19(25)21-15-7-3-5-10(24)12(7)18-13(15)14-16(22(18,21)20(26)28-2)8-4-6-9(23)11(8)17(14)21/h7-18H,3-6H2,1-2H3/t7-,8-,9-,10+,11+,12-,13+,14+,15+,16-,17-,18+,21-,22-/m1/s1. The summed E-state index contributed by atoms with van der Waals surface area (Å²) >= 11 is 13.7. The monoisotopic (exact) mass is 424 g/mol. The lowest BCUT2D eigenvalue weighted by molar-refractivity contribution is -0.208. The zero-order chi connectivity index (χ0) is 19.3. The van der Waals surface area contributed by atoms with Gasteiger partial charge >= 0.3 is 11.9 Å². The summed E-state index contributed by atoms with van der Waals surface area (Å²) in [6.45, 7) is 0. The van der Waals surface area contributed by atoms with Crippen molar-refractivity contribution < 1.29 is 19.1 Å². The van der Waals surface area contributed by atoms with Gasteiger partial charge in [-0.3, -0.25) is 9.59 Å². The predicted molar refractivity (Wildman–Crippen MR) is 102 cm³/mol. The molecule has 8 aliphatic rings. The van der Waals surface area contributed by atoms with Gasteiger partial charge in [0.25, 0.3) is 0 Å². The molecule has 0 heterocycles. The van der Waals surface area contributed by atoms with Crippen LogP contribution in [0.2, 0.25) is 0 Å². The number of carbonyl (C=O) groups excluding carboxylic acids is 2. The van der Waals surface area contributed by atoms with Gasteiger partial charge in [-0.05, 0) is 84.9 Å². The van der Waals surface area contributed by atoms with E-state index in [1.54, 1.807) is 0 Å². The molecule has 8 bridgehead atoms. The van der Waals surface area contributed by atoms with Gasteiger partial charge in [0.15, 0.2) is 0 Å². The lowest BCUT2D eigenvalue weighted by Gasteiger charge is -2.58. The van der Waals surface area contributed by atoms with Gasteiger partial charge in [-0.15, -0.1) is 23.2 Å². The molecule has 14 atom stereocenters. The van der Waals surface area contributed by atoms with Crippen LogP contribution in [0.4, 0.5) is 0 Å². The highest BCUT2D eigenvalue weighted by Gasteiger charge is 3.01. The third-order valence-corrected chi connectivity index (χ3v) is 12.1. The highest BCUT2D eigenvalue weighted by atomic mass is 35.5. The molecule has 0 radical (unpaired) electrons. The molecular weight excluding hydrogens is 399 g/mol. The highest BCUT2D eigenvalue weighted by molar-refractivity contribution is 6.21. The Labute approximate surface area is 175 Å². The first-order chi connectivity index (χ1) is 13.5. The van der Waals surface area contributed by atoms with Crippen molar-refractivity contribution in [1.82, 2.24) is 0 Å². The Morgan fingerprint density at radius 2 is 1.07 bits per heavy atom. The van der Waals surface area contributed by atoms with E-state index in [4.69, 9.17) is 32.7 Å². The Bertz CT molecular complexity index is 750. The molecule has 0 saturated heterocycles. The molecule has 6 heteroatoms. The summed E-state index contributed by atoms with van der Waals surface area (Å²) in [5.74, 6) is 3.01. The first-order valence-electron chi connectivity index (χ1n) is 10.9. The predicted octanol–water partition coefficient (Wildman–Crippen LogP) is 3.34. The van der Waals surface area contributed by atoms with Crippen molar-refractivity contribution in [2.24, 2.45) is 70.0 Å². The molecule has 0 aromatic heterocycles. The molecule has 0 N–H and O–H groups in total. The minimum atomic E-state index is -0.722. The van der Waals surface area contributed by atoms with Gasteiger partial charge in [0, 0.05) is 10.8 Å². The first kappa shape index (κ1) is 17.2. The van der Waals surface area contributed by atoms with Crippen molar-refractivity contribution >= 4 is 35.1 Å². The van der Waals surface area contributed by atoms with E-state index in [0.717, 1.165) is 25.7 Å². The van der Waals surface area contributed by atoms with E-state index in [0.29, 0.717) is 35.5 Å². The van der Waals surface area contributed by atoms with E-state index in [1.165, 1.54) is 14.2 Å². The maximum atomic E-state index is 13.7. The van der Waals surface area contributed by atoms with Crippen LogP contribution in [-0.2, 0) is 19.1 Å². The smallest absolute Gasteiger partial charge is 0.313 e. The second kappa shape index (κ2) is 4.88. The van der Waals surface area contributed by atoms with E-state index < -0.39 is 10.8 Å². The fraction of sp³-hybridized carbons (Fsp3) is 0.909. The summed E-state index contributed by atoms with van der Waals surface area (Å²) in [5.41, 5.74) is -1.44. The van der Waals surface area contributed by atoms with Crippen molar-refractivity contribution in [3.8, 4) is 0 Å². The lowest BCUT2D eigenvalue weighted by Crippen LogP contribution is -2.66. The summed E-state index contributed by atoms with van der Waals surface area (Å²) in [7, 11) is 2.99. The van der Waals surface area contributed by atoms with Crippen LogP contribution in [0.15, 0.2) is 0 Å². The van der Waals surface area contributed by atoms with Gasteiger partial charge in [-0.2, -0.15) is 0 Å². The van der Waals surface area contributed by atoms with E-state index >= 15 is 0 Å². The van der Waals surface area contributed by atoms with Gasteiger partial charge in [-0.25, -0.2) is 0 Å². The Morgan fingerprint density at radius 1 is 0.679 bits per heavy atom. The lowest BCUT2D eigenvalue weighted by atomic mass is 9.43. The minimum Gasteiger partial charge on any atom is -0.469 e. The number of rotatable bonds is 2. The largest absolute Gasteiger partial charge is 0.469 e. The third-order valence-electron chi connectivity index (χ3n) is 11.1. The van der Waals surface area contributed by atoms with E-state index in [9.17, 15) is 9.59 Å². The fourth-order valence-electron chi connectivity index (χ4n) is 11.6. The fourth-order valence-corrected chi connectivity index (χ4v) is 12.5. The second-order valence-corrected chi connectivity index (χ2v) is 11.8. The number of methoxy groups -OCH3 is 2. The average molecular weight is 425 g/mol. The Balaban J connectivity index is 1.53. The van der Waals surface area contributed by atoms with Crippen LogP contribution in [0.3, 0.4) is 0 Å². The van der Waals surface area contributed by atoms with Crippen molar-refractivity contribution in [3.63, 3.8) is 0 Å². The van der Waals surface area contributed by atoms with Crippen LogP contribution in [0, 0.1) is 70.0 Å². The quantitative estimate of drug-likeness (QED) is 0.503. The molecule has 0 unspecified atom stereocenters. The summed E-state index contributed by atoms with van der Waals surface area (Å²) in [4.78, 5) is 27.4. The topological polar surface area (TPSA) is 52.6 Å². The number of halogens is 2. The number of esters is 2. The molecule has 0 aliphatic heterocycles. The third kappa shape index (κ3) is 1.26. The molecular formula is C22H26Cl2O4. The van der Waals surface area contributed by atoms with Crippen molar-refractivity contribution in [2.75, 3.05) is 14.2 Å². The van der Waals surface area contributed by atoms with Gasteiger partial charge in [0.2, 0.25) is 0 Å². The van der Waals surface area contributed by atoms with E-state index in [-0.39, 0.29) is 46.4 Å². The first-order valence-corrected chi connectivity index (χ1v) is 11.8. The maximum absolute atomic E-state index is 13.7. The SMILES string of the molecule is COC(=O)[C@]12[C@@H]3[C@H]4[C@@H]5[C@@H]([C@H]6[C@@H](CC[C@H]6Cl)[C@H]51)[C@@]2(C(=O)OC)[C@H]4[C@@H]1CC[C@H](Cl)[C@@H]13. The van der Waals surface area contributed by atoms with Crippen LogP contribution < -0.4 is 0 Å². The zero-order valence-electron chi connectivity index (χ0n) is 16.1. The molecule has 8 saturated carbocycles. The molecule has 0 aromatic rings. The molecule has 0 amide bonds. The Kier molecular flexibility index (Phi) is 3.00. The normalized spacial score (nSPS) is 65.9. The number of carbonyl (C=O) groups is 2. The number of fused-ring (bicyclic) bond motifs is 2. The Morgan fingerprint density at radius 3 is 1.43 bits per heavy atom. The molecule has 0 spiro atoms. The van der Waals surface area contributed by atoms with E-state index in [2.05, 4.69) is 0 Å². The molecule has 8 rings (SSSR count). The van der Waals surface area contributed by atoms with Crippen LogP contribution in [-0.4, -0.2) is 36.9 Å². The summed E-state index contributed by atoms with van der Waals surface area (Å²) in [5, 5.41) is 0.246. The average Bonchev–Trinajstić information content (AvgIpc) is 3.49. The molecule has 28 heavy (non-hydrogen) atoms. The van der Waals surface area contributed by atoms with Crippen molar-refractivity contribution in [2.45, 2.75) is 36.4 Å². The van der Waals surface area contributed by atoms with E-state index in [1.807, 2.05) is 0 Å². The van der Waals surface area contributed by atoms with Crippen LogP contribution in [0.5, 0.6) is 0 Å². The number of alkyl halides is 2. The molecule has 152 valence electrons. The minimum absolute atomic E-state index is 0.123. The maximum Gasteiger partial charge on any atom is 0.313 e. The van der Waals surface area contributed by atoms with Crippen molar-refractivity contribution in [3.05, 3.63) is 0 Å². The van der Waals surface area contributed by atoms with Gasteiger partial charge in [0.05, 0.1) is 25.0 Å². The molecule has 8 fully saturated rings. The summed E-state index contributed by atoms with van der Waals surface area (Å²) in [6.07, 6.45) is 4.15. The van der Waals surface area contributed by atoms with Gasteiger partial charge < -0.3 is 9.47 Å². The summed E-state index contributed by atoms with van der Waals surface area (Å²) in [6, 6.07) is 0. The Hall–Kier alpha value is -0.480. The summed E-state index contributed by atoms with van der Waals surface area (Å²) < 4.78 is 11.0. The zero-order valence-corrected chi connectivity index (χ0v) is 17.7. The van der Waals surface area contributed by atoms with Gasteiger partial charge in [0.1, 0.15) is 0 Å². The number of ether oxygens (including phenoxy) is 2. The van der Waals surface area contributed by atoms with Crippen molar-refractivity contribution in [1.29, 1.82) is 0 Å². The molecule has 8 aliphatic carbocycles. The molecule has 0 aromatic carbocycles. The van der Waals surface area contributed by atoms with Crippen LogP contribution in [0.1, 0.15) is 25.7 Å².